The van der Waals surface area contributed by atoms with Crippen LogP contribution in [0.3, 0.4) is 0 Å². The Labute approximate surface area is 159 Å². The molecule has 0 atom stereocenters. The Bertz CT molecular complexity index is 752. The van der Waals surface area contributed by atoms with Gasteiger partial charge in [0.25, 0.3) is 0 Å². The van der Waals surface area contributed by atoms with Crippen molar-refractivity contribution < 1.29 is 9.18 Å². The first-order valence-corrected chi connectivity index (χ1v) is 10.1. The highest BCUT2D eigenvalue weighted by atomic mass is 32.2. The van der Waals surface area contributed by atoms with Gasteiger partial charge in [0.1, 0.15) is 5.82 Å². The zero-order valence-corrected chi connectivity index (χ0v) is 16.2. The number of aryl methyl sites for hydroxylation is 2. The fourth-order valence-corrected chi connectivity index (χ4v) is 4.27. The number of carbonyl (C=O) groups excluding carboxylic acids is 1. The molecule has 0 spiro atoms. The molecule has 3 nitrogen and oxygen atoms in total. The maximum absolute atomic E-state index is 13.9. The second-order valence-electron chi connectivity index (χ2n) is 6.81. The molecule has 138 valence electrons. The molecule has 2 aromatic carbocycles. The SMILES string of the molecule is Cc1cc(C)cc(CSCC(=O)N2CCN(c3ccccc3F)CC2)c1. The van der Waals surface area contributed by atoms with E-state index in [1.54, 1.807) is 23.9 Å². The van der Waals surface area contributed by atoms with E-state index in [-0.39, 0.29) is 11.7 Å². The van der Waals surface area contributed by atoms with Crippen molar-refractivity contribution in [1.82, 2.24) is 4.90 Å². The van der Waals surface area contributed by atoms with E-state index in [4.69, 9.17) is 0 Å². The molecular formula is C21H25FN2OS. The van der Waals surface area contributed by atoms with Crippen molar-refractivity contribution in [3.05, 3.63) is 65.0 Å². The van der Waals surface area contributed by atoms with Crippen molar-refractivity contribution >= 4 is 23.4 Å². The van der Waals surface area contributed by atoms with Crippen LogP contribution in [0.2, 0.25) is 0 Å². The summed E-state index contributed by atoms with van der Waals surface area (Å²) in [5.74, 6) is 1.32. The van der Waals surface area contributed by atoms with Gasteiger partial charge in [-0.25, -0.2) is 4.39 Å². The molecule has 0 aromatic heterocycles. The van der Waals surface area contributed by atoms with Gasteiger partial charge < -0.3 is 9.80 Å². The highest BCUT2D eigenvalue weighted by Gasteiger charge is 2.22. The fraction of sp³-hybridized carbons (Fsp3) is 0.381. The van der Waals surface area contributed by atoms with E-state index in [1.807, 2.05) is 15.9 Å². The smallest absolute Gasteiger partial charge is 0.232 e. The molecule has 0 aliphatic carbocycles. The highest BCUT2D eigenvalue weighted by molar-refractivity contribution is 7.99. The zero-order valence-electron chi connectivity index (χ0n) is 15.4. The summed E-state index contributed by atoms with van der Waals surface area (Å²) in [4.78, 5) is 16.4. The van der Waals surface area contributed by atoms with Crippen LogP contribution >= 0.6 is 11.8 Å². The molecule has 26 heavy (non-hydrogen) atoms. The average molecular weight is 373 g/mol. The molecule has 0 saturated carbocycles. The van der Waals surface area contributed by atoms with E-state index in [9.17, 15) is 9.18 Å². The Balaban J connectivity index is 1.46. The minimum Gasteiger partial charge on any atom is -0.366 e. The first-order valence-electron chi connectivity index (χ1n) is 8.95. The Morgan fingerprint density at radius 3 is 2.35 bits per heavy atom. The summed E-state index contributed by atoms with van der Waals surface area (Å²) in [6, 6.07) is 13.3. The molecule has 2 aromatic rings. The lowest BCUT2D eigenvalue weighted by molar-refractivity contribution is -0.128. The summed E-state index contributed by atoms with van der Waals surface area (Å²) in [6.45, 7) is 6.85. The molecule has 1 aliphatic rings. The van der Waals surface area contributed by atoms with Crippen LogP contribution in [0.5, 0.6) is 0 Å². The van der Waals surface area contributed by atoms with Gasteiger partial charge in [-0.1, -0.05) is 41.5 Å². The van der Waals surface area contributed by atoms with Gasteiger partial charge in [0.2, 0.25) is 5.91 Å². The van der Waals surface area contributed by atoms with Crippen LogP contribution in [-0.2, 0) is 10.5 Å². The molecule has 0 N–H and O–H groups in total. The van der Waals surface area contributed by atoms with Crippen molar-refractivity contribution in [2.45, 2.75) is 19.6 Å². The number of nitrogens with zero attached hydrogens (tertiary/aromatic N) is 2. The Morgan fingerprint density at radius 2 is 1.69 bits per heavy atom. The third-order valence-electron chi connectivity index (χ3n) is 4.60. The van der Waals surface area contributed by atoms with Crippen molar-refractivity contribution in [3.8, 4) is 0 Å². The van der Waals surface area contributed by atoms with E-state index in [0.29, 0.717) is 37.6 Å². The van der Waals surface area contributed by atoms with Crippen molar-refractivity contribution in [1.29, 1.82) is 0 Å². The third-order valence-corrected chi connectivity index (χ3v) is 5.59. The lowest BCUT2D eigenvalue weighted by Gasteiger charge is -2.36. The van der Waals surface area contributed by atoms with Crippen LogP contribution in [0.1, 0.15) is 16.7 Å². The number of amides is 1. The van der Waals surface area contributed by atoms with Gasteiger partial charge in [0, 0.05) is 31.9 Å². The number of benzene rings is 2. The van der Waals surface area contributed by atoms with Crippen molar-refractivity contribution in [2.24, 2.45) is 0 Å². The highest BCUT2D eigenvalue weighted by Crippen LogP contribution is 2.21. The van der Waals surface area contributed by atoms with Crippen LogP contribution < -0.4 is 4.90 Å². The lowest BCUT2D eigenvalue weighted by atomic mass is 10.1. The van der Waals surface area contributed by atoms with Crippen LogP contribution in [0, 0.1) is 19.7 Å². The standard InChI is InChI=1S/C21H25FN2OS/c1-16-11-17(2)13-18(12-16)14-26-15-21(25)24-9-7-23(8-10-24)20-6-4-3-5-19(20)22/h3-6,11-13H,7-10,14-15H2,1-2H3. The minimum atomic E-state index is -0.198. The molecule has 5 heteroatoms. The summed E-state index contributed by atoms with van der Waals surface area (Å²) in [7, 11) is 0. The number of para-hydroxylation sites is 1. The predicted octanol–water partition coefficient (Wildman–Crippen LogP) is 4.02. The summed E-state index contributed by atoms with van der Waals surface area (Å²) in [5.41, 5.74) is 4.42. The van der Waals surface area contributed by atoms with Gasteiger partial charge in [-0.2, -0.15) is 0 Å². The Kier molecular flexibility index (Phi) is 6.20. The van der Waals surface area contributed by atoms with Crippen molar-refractivity contribution in [2.75, 3.05) is 36.8 Å². The number of carbonyl (C=O) groups is 1. The van der Waals surface area contributed by atoms with Gasteiger partial charge >= 0.3 is 0 Å². The minimum absolute atomic E-state index is 0.174. The average Bonchev–Trinajstić information content (AvgIpc) is 2.61. The zero-order chi connectivity index (χ0) is 18.5. The monoisotopic (exact) mass is 372 g/mol. The normalized spacial score (nSPS) is 14.6. The topological polar surface area (TPSA) is 23.6 Å². The second kappa shape index (κ2) is 8.58. The maximum atomic E-state index is 13.9. The summed E-state index contributed by atoms with van der Waals surface area (Å²) in [6.07, 6.45) is 0. The Morgan fingerprint density at radius 1 is 1.04 bits per heavy atom. The molecule has 1 aliphatic heterocycles. The largest absolute Gasteiger partial charge is 0.366 e. The van der Waals surface area contributed by atoms with E-state index < -0.39 is 0 Å². The summed E-state index contributed by atoms with van der Waals surface area (Å²) >= 11 is 1.66. The number of anilines is 1. The molecule has 0 unspecified atom stereocenters. The molecule has 1 heterocycles. The lowest BCUT2D eigenvalue weighted by Crippen LogP contribution is -2.49. The van der Waals surface area contributed by atoms with E-state index in [0.717, 1.165) is 5.75 Å². The fourth-order valence-electron chi connectivity index (χ4n) is 3.40. The molecular weight excluding hydrogens is 347 g/mol. The molecule has 0 radical (unpaired) electrons. The third kappa shape index (κ3) is 4.79. The molecule has 3 rings (SSSR count). The van der Waals surface area contributed by atoms with Crippen LogP contribution in [0.4, 0.5) is 10.1 Å². The van der Waals surface area contributed by atoms with E-state index in [2.05, 4.69) is 32.0 Å². The summed E-state index contributed by atoms with van der Waals surface area (Å²) in [5, 5.41) is 0. The quantitative estimate of drug-likeness (QED) is 0.792. The number of halogens is 1. The Hall–Kier alpha value is -2.01. The number of hydrogen-bond donors (Lipinski definition) is 0. The predicted molar refractivity (Wildman–Crippen MR) is 107 cm³/mol. The first kappa shape index (κ1) is 18.8. The van der Waals surface area contributed by atoms with Crippen LogP contribution in [-0.4, -0.2) is 42.7 Å². The van der Waals surface area contributed by atoms with Gasteiger partial charge in [0.15, 0.2) is 0 Å². The number of hydrogen-bond acceptors (Lipinski definition) is 3. The number of piperazine rings is 1. The first-order chi connectivity index (χ1) is 12.5. The van der Waals surface area contributed by atoms with Gasteiger partial charge in [-0.15, -0.1) is 11.8 Å². The van der Waals surface area contributed by atoms with Gasteiger partial charge in [-0.05, 0) is 31.5 Å². The summed E-state index contributed by atoms with van der Waals surface area (Å²) < 4.78 is 13.9. The maximum Gasteiger partial charge on any atom is 0.232 e. The second-order valence-corrected chi connectivity index (χ2v) is 7.79. The van der Waals surface area contributed by atoms with Crippen LogP contribution in [0.15, 0.2) is 42.5 Å². The number of rotatable bonds is 5. The van der Waals surface area contributed by atoms with E-state index >= 15 is 0 Å². The molecule has 1 saturated heterocycles. The number of thioether (sulfide) groups is 1. The van der Waals surface area contributed by atoms with Crippen molar-refractivity contribution in [3.63, 3.8) is 0 Å². The molecule has 0 bridgehead atoms. The van der Waals surface area contributed by atoms with Crippen LogP contribution in [0.25, 0.3) is 0 Å². The molecule has 1 amide bonds. The van der Waals surface area contributed by atoms with E-state index in [1.165, 1.54) is 22.8 Å². The van der Waals surface area contributed by atoms with Gasteiger partial charge in [-0.3, -0.25) is 4.79 Å². The van der Waals surface area contributed by atoms with Gasteiger partial charge in [0.05, 0.1) is 11.4 Å². The molecule has 1 fully saturated rings.